The lowest BCUT2D eigenvalue weighted by Crippen LogP contribution is -2.44. The van der Waals surface area contributed by atoms with Crippen molar-refractivity contribution in [2.24, 2.45) is 11.8 Å². The Balaban J connectivity index is 1.50. The SMILES string of the molecule is Cc1nc(N2C[C@@H]3CC[C@H](C2)N(CC2CC2)C3)c2c(C)noc2n1. The van der Waals surface area contributed by atoms with Gasteiger partial charge in [0.15, 0.2) is 0 Å². The van der Waals surface area contributed by atoms with E-state index in [1.54, 1.807) is 0 Å². The molecule has 5 heterocycles. The highest BCUT2D eigenvalue weighted by Gasteiger charge is 2.38. The third-order valence-corrected chi connectivity index (χ3v) is 5.92. The largest absolute Gasteiger partial charge is 0.354 e. The molecule has 0 unspecified atom stereocenters. The van der Waals surface area contributed by atoms with E-state index in [-0.39, 0.29) is 0 Å². The lowest BCUT2D eigenvalue weighted by Gasteiger charge is -2.36. The topological polar surface area (TPSA) is 58.3 Å². The van der Waals surface area contributed by atoms with Crippen LogP contribution in [0.5, 0.6) is 0 Å². The number of fused-ring (bicyclic) bond motifs is 5. The minimum atomic E-state index is 0.626. The highest BCUT2D eigenvalue weighted by atomic mass is 16.5. The Morgan fingerprint density at radius 2 is 1.92 bits per heavy atom. The zero-order valence-corrected chi connectivity index (χ0v) is 14.5. The quantitative estimate of drug-likeness (QED) is 0.863. The van der Waals surface area contributed by atoms with E-state index in [1.165, 1.54) is 38.8 Å². The van der Waals surface area contributed by atoms with Crippen molar-refractivity contribution >= 4 is 16.9 Å². The smallest absolute Gasteiger partial charge is 0.263 e. The van der Waals surface area contributed by atoms with E-state index in [1.807, 2.05) is 13.8 Å². The molecule has 6 nitrogen and oxygen atoms in total. The maximum atomic E-state index is 5.41. The number of aromatic nitrogens is 3. The van der Waals surface area contributed by atoms with E-state index < -0.39 is 0 Å². The Morgan fingerprint density at radius 1 is 1.04 bits per heavy atom. The monoisotopic (exact) mass is 327 g/mol. The predicted octanol–water partition coefficient (Wildman–Crippen LogP) is 2.55. The zero-order chi connectivity index (χ0) is 16.3. The summed E-state index contributed by atoms with van der Waals surface area (Å²) in [4.78, 5) is 14.4. The van der Waals surface area contributed by atoms with E-state index in [0.29, 0.717) is 11.8 Å². The van der Waals surface area contributed by atoms with Gasteiger partial charge in [0.25, 0.3) is 5.71 Å². The molecule has 0 aromatic carbocycles. The van der Waals surface area contributed by atoms with Crippen LogP contribution in [0.15, 0.2) is 4.52 Å². The molecule has 1 aliphatic carbocycles. The molecule has 4 fully saturated rings. The fraction of sp³-hybridized carbons (Fsp3) is 0.722. The van der Waals surface area contributed by atoms with Crippen LogP contribution in [0.3, 0.4) is 0 Å². The van der Waals surface area contributed by atoms with Crippen LogP contribution in [-0.4, -0.2) is 52.2 Å². The Bertz CT molecular complexity index is 768. The molecule has 4 aliphatic rings. The van der Waals surface area contributed by atoms with E-state index in [0.717, 1.165) is 47.6 Å². The van der Waals surface area contributed by atoms with Gasteiger partial charge in [0, 0.05) is 32.2 Å². The van der Waals surface area contributed by atoms with Crippen molar-refractivity contribution in [3.05, 3.63) is 11.5 Å². The maximum absolute atomic E-state index is 5.41. The molecule has 2 aromatic rings. The van der Waals surface area contributed by atoms with Crippen LogP contribution >= 0.6 is 0 Å². The molecule has 3 saturated heterocycles. The van der Waals surface area contributed by atoms with E-state index in [4.69, 9.17) is 9.51 Å². The molecule has 0 spiro atoms. The summed E-state index contributed by atoms with van der Waals surface area (Å²) >= 11 is 0. The van der Waals surface area contributed by atoms with Crippen LogP contribution in [0.1, 0.15) is 37.2 Å². The first kappa shape index (κ1) is 14.6. The van der Waals surface area contributed by atoms with Crippen LogP contribution in [0.4, 0.5) is 5.82 Å². The molecule has 0 amide bonds. The molecule has 2 atom stereocenters. The van der Waals surface area contributed by atoms with Gasteiger partial charge < -0.3 is 9.42 Å². The zero-order valence-electron chi connectivity index (χ0n) is 14.5. The van der Waals surface area contributed by atoms with E-state index >= 15 is 0 Å². The molecular formula is C18H25N5O. The first-order chi connectivity index (χ1) is 11.7. The third-order valence-electron chi connectivity index (χ3n) is 5.92. The second-order valence-corrected chi connectivity index (χ2v) is 7.94. The van der Waals surface area contributed by atoms with Crippen molar-refractivity contribution in [2.75, 3.05) is 31.1 Å². The van der Waals surface area contributed by atoms with Crippen molar-refractivity contribution in [1.29, 1.82) is 0 Å². The second-order valence-electron chi connectivity index (χ2n) is 7.94. The van der Waals surface area contributed by atoms with Crippen molar-refractivity contribution in [3.63, 3.8) is 0 Å². The van der Waals surface area contributed by atoms with Gasteiger partial charge in [-0.05, 0) is 51.4 Å². The highest BCUT2D eigenvalue weighted by molar-refractivity contribution is 5.88. The molecule has 2 bridgehead atoms. The fourth-order valence-corrected chi connectivity index (χ4v) is 4.51. The summed E-state index contributed by atoms with van der Waals surface area (Å²) in [6.45, 7) is 8.65. The van der Waals surface area contributed by atoms with Gasteiger partial charge in [-0.15, -0.1) is 0 Å². The summed E-state index contributed by atoms with van der Waals surface area (Å²) in [6, 6.07) is 0.662. The predicted molar refractivity (Wildman–Crippen MR) is 92.1 cm³/mol. The number of hydrogen-bond acceptors (Lipinski definition) is 6. The van der Waals surface area contributed by atoms with Gasteiger partial charge in [0.05, 0.1) is 5.69 Å². The standard InChI is InChI=1S/C18H25N5O/c1-11-16-17(19-12(2)20-18(16)24-21-11)23-9-14-5-6-15(10-23)22(8-14)7-13-3-4-13/h13-15H,3-10H2,1-2H3/t14-,15-/m1/s1. The minimum absolute atomic E-state index is 0.626. The molecule has 128 valence electrons. The molecule has 24 heavy (non-hydrogen) atoms. The summed E-state index contributed by atoms with van der Waals surface area (Å²) in [7, 11) is 0. The van der Waals surface area contributed by atoms with Crippen molar-refractivity contribution in [2.45, 2.75) is 45.6 Å². The van der Waals surface area contributed by atoms with Gasteiger partial charge in [0.1, 0.15) is 17.0 Å². The molecule has 2 aromatic heterocycles. The fourth-order valence-electron chi connectivity index (χ4n) is 4.51. The van der Waals surface area contributed by atoms with Gasteiger partial charge in [0.2, 0.25) is 0 Å². The Labute approximate surface area is 142 Å². The van der Waals surface area contributed by atoms with Crippen LogP contribution < -0.4 is 4.90 Å². The Morgan fingerprint density at radius 3 is 2.75 bits per heavy atom. The highest BCUT2D eigenvalue weighted by Crippen LogP contribution is 2.37. The second kappa shape index (κ2) is 5.41. The number of anilines is 1. The number of hydrogen-bond donors (Lipinski definition) is 0. The number of rotatable bonds is 3. The average molecular weight is 327 g/mol. The van der Waals surface area contributed by atoms with Gasteiger partial charge in [-0.25, -0.2) is 4.98 Å². The summed E-state index contributed by atoms with van der Waals surface area (Å²) < 4.78 is 5.41. The van der Waals surface area contributed by atoms with Crippen LogP contribution in [0, 0.1) is 25.7 Å². The molecule has 3 aliphatic heterocycles. The normalized spacial score (nSPS) is 27.8. The molecular weight excluding hydrogens is 302 g/mol. The Hall–Kier alpha value is -1.69. The van der Waals surface area contributed by atoms with Gasteiger partial charge >= 0.3 is 0 Å². The maximum Gasteiger partial charge on any atom is 0.263 e. The molecule has 1 saturated carbocycles. The Kier molecular flexibility index (Phi) is 3.30. The average Bonchev–Trinajstić information content (AvgIpc) is 3.35. The molecule has 0 N–H and O–H groups in total. The van der Waals surface area contributed by atoms with Gasteiger partial charge in [-0.3, -0.25) is 4.90 Å². The first-order valence-corrected chi connectivity index (χ1v) is 9.27. The van der Waals surface area contributed by atoms with Crippen molar-refractivity contribution in [1.82, 2.24) is 20.0 Å². The number of nitrogens with zero attached hydrogens (tertiary/aromatic N) is 5. The lowest BCUT2D eigenvalue weighted by molar-refractivity contribution is 0.128. The number of piperidine rings is 1. The van der Waals surface area contributed by atoms with Gasteiger partial charge in [-0.1, -0.05) is 5.16 Å². The first-order valence-electron chi connectivity index (χ1n) is 9.27. The summed E-state index contributed by atoms with van der Waals surface area (Å²) in [5, 5.41) is 5.11. The number of aryl methyl sites for hydroxylation is 2. The molecule has 6 rings (SSSR count). The summed E-state index contributed by atoms with van der Waals surface area (Å²) in [6.07, 6.45) is 5.54. The lowest BCUT2D eigenvalue weighted by atomic mass is 9.95. The summed E-state index contributed by atoms with van der Waals surface area (Å²) in [5.74, 6) is 3.50. The summed E-state index contributed by atoms with van der Waals surface area (Å²) in [5.41, 5.74) is 1.52. The van der Waals surface area contributed by atoms with Crippen molar-refractivity contribution in [3.8, 4) is 0 Å². The van der Waals surface area contributed by atoms with Crippen LogP contribution in [0.25, 0.3) is 11.1 Å². The molecule has 0 radical (unpaired) electrons. The van der Waals surface area contributed by atoms with Crippen molar-refractivity contribution < 1.29 is 4.52 Å². The molecule has 6 heteroatoms. The van der Waals surface area contributed by atoms with Crippen LogP contribution in [0.2, 0.25) is 0 Å². The third kappa shape index (κ3) is 2.48. The van der Waals surface area contributed by atoms with Gasteiger partial charge in [-0.2, -0.15) is 4.98 Å². The minimum Gasteiger partial charge on any atom is -0.354 e. The van der Waals surface area contributed by atoms with E-state index in [2.05, 4.69) is 19.9 Å². The van der Waals surface area contributed by atoms with E-state index in [9.17, 15) is 0 Å². The van der Waals surface area contributed by atoms with Crippen LogP contribution in [-0.2, 0) is 0 Å².